The lowest BCUT2D eigenvalue weighted by Crippen LogP contribution is -2.33. The van der Waals surface area contributed by atoms with Gasteiger partial charge < -0.3 is 0 Å². The summed E-state index contributed by atoms with van der Waals surface area (Å²) >= 11 is 1.68. The minimum absolute atomic E-state index is 0.0954. The SMILES string of the molecule is CC(Cc1ccc(-c2ccsc2)cc1)NS(C)(=O)=O. The lowest BCUT2D eigenvalue weighted by molar-refractivity contribution is 0.565. The third-order valence-electron chi connectivity index (χ3n) is 2.77. The molecule has 1 unspecified atom stereocenters. The molecule has 19 heavy (non-hydrogen) atoms. The first kappa shape index (κ1) is 14.2. The summed E-state index contributed by atoms with van der Waals surface area (Å²) in [7, 11) is -3.14. The molecule has 1 aromatic heterocycles. The predicted octanol–water partition coefficient (Wildman–Crippen LogP) is 2.90. The van der Waals surface area contributed by atoms with Crippen molar-refractivity contribution in [3.8, 4) is 11.1 Å². The smallest absolute Gasteiger partial charge is 0.208 e. The van der Waals surface area contributed by atoms with Crippen LogP contribution in [0.15, 0.2) is 41.1 Å². The van der Waals surface area contributed by atoms with E-state index in [0.29, 0.717) is 6.42 Å². The number of hydrogen-bond acceptors (Lipinski definition) is 3. The van der Waals surface area contributed by atoms with Crippen molar-refractivity contribution in [2.24, 2.45) is 0 Å². The molecule has 0 aliphatic rings. The molecule has 0 fully saturated rings. The minimum atomic E-state index is -3.14. The molecule has 0 bridgehead atoms. The van der Waals surface area contributed by atoms with Gasteiger partial charge in [0, 0.05) is 6.04 Å². The second kappa shape index (κ2) is 5.86. The van der Waals surface area contributed by atoms with Gasteiger partial charge in [0.25, 0.3) is 0 Å². The summed E-state index contributed by atoms with van der Waals surface area (Å²) in [6.07, 6.45) is 1.88. The Bertz CT molecular complexity index is 616. The number of sulfonamides is 1. The Morgan fingerprint density at radius 3 is 2.37 bits per heavy atom. The van der Waals surface area contributed by atoms with Crippen molar-refractivity contribution in [2.45, 2.75) is 19.4 Å². The fourth-order valence-corrected chi connectivity index (χ4v) is 3.50. The zero-order valence-electron chi connectivity index (χ0n) is 11.0. The number of benzene rings is 1. The maximum absolute atomic E-state index is 11.1. The van der Waals surface area contributed by atoms with Crippen molar-refractivity contribution >= 4 is 21.4 Å². The molecule has 1 aromatic carbocycles. The largest absolute Gasteiger partial charge is 0.213 e. The van der Waals surface area contributed by atoms with Crippen LogP contribution >= 0.6 is 11.3 Å². The van der Waals surface area contributed by atoms with E-state index >= 15 is 0 Å². The van der Waals surface area contributed by atoms with Crippen LogP contribution in [0.5, 0.6) is 0 Å². The fourth-order valence-electron chi connectivity index (χ4n) is 2.02. The van der Waals surface area contributed by atoms with Gasteiger partial charge in [-0.15, -0.1) is 0 Å². The van der Waals surface area contributed by atoms with Crippen LogP contribution in [-0.2, 0) is 16.4 Å². The lowest BCUT2D eigenvalue weighted by Gasteiger charge is -2.12. The number of hydrogen-bond donors (Lipinski definition) is 1. The summed E-state index contributed by atoms with van der Waals surface area (Å²) in [4.78, 5) is 0. The van der Waals surface area contributed by atoms with E-state index in [1.807, 2.05) is 19.1 Å². The maximum Gasteiger partial charge on any atom is 0.208 e. The molecule has 0 saturated carbocycles. The molecule has 2 rings (SSSR count). The van der Waals surface area contributed by atoms with Crippen LogP contribution in [-0.4, -0.2) is 20.7 Å². The van der Waals surface area contributed by atoms with Crippen LogP contribution in [0.3, 0.4) is 0 Å². The van der Waals surface area contributed by atoms with Gasteiger partial charge in [0.15, 0.2) is 0 Å². The normalized spacial score (nSPS) is 13.4. The van der Waals surface area contributed by atoms with Crippen LogP contribution in [0.2, 0.25) is 0 Å². The van der Waals surface area contributed by atoms with Crippen molar-refractivity contribution in [2.75, 3.05) is 6.26 Å². The second-order valence-electron chi connectivity index (χ2n) is 4.70. The van der Waals surface area contributed by atoms with E-state index in [0.717, 1.165) is 5.56 Å². The standard InChI is InChI=1S/C14H17NO2S2/c1-11(15-19(2,16)17)9-12-3-5-13(6-4-12)14-7-8-18-10-14/h3-8,10-11,15H,9H2,1-2H3. The monoisotopic (exact) mass is 295 g/mol. The van der Waals surface area contributed by atoms with Gasteiger partial charge in [0.1, 0.15) is 0 Å². The molecule has 1 N–H and O–H groups in total. The van der Waals surface area contributed by atoms with E-state index in [-0.39, 0.29) is 6.04 Å². The molecule has 0 aliphatic carbocycles. The van der Waals surface area contributed by atoms with E-state index in [1.54, 1.807) is 11.3 Å². The first-order valence-corrected chi connectivity index (χ1v) is 8.86. The van der Waals surface area contributed by atoms with E-state index in [9.17, 15) is 8.42 Å². The van der Waals surface area contributed by atoms with Gasteiger partial charge in [-0.25, -0.2) is 13.1 Å². The molecular formula is C14H17NO2S2. The Labute approximate surface area is 118 Å². The number of rotatable bonds is 5. The molecule has 0 amide bonds. The Kier molecular flexibility index (Phi) is 4.39. The quantitative estimate of drug-likeness (QED) is 0.922. The lowest BCUT2D eigenvalue weighted by atomic mass is 10.0. The molecule has 102 valence electrons. The van der Waals surface area contributed by atoms with Crippen LogP contribution in [0.4, 0.5) is 0 Å². The molecule has 2 aromatic rings. The Morgan fingerprint density at radius 2 is 1.84 bits per heavy atom. The zero-order valence-corrected chi connectivity index (χ0v) is 12.6. The van der Waals surface area contributed by atoms with Crippen LogP contribution in [0.25, 0.3) is 11.1 Å². The average Bonchev–Trinajstić information content (AvgIpc) is 2.80. The van der Waals surface area contributed by atoms with Gasteiger partial charge in [-0.1, -0.05) is 24.3 Å². The van der Waals surface area contributed by atoms with Gasteiger partial charge in [-0.3, -0.25) is 0 Å². The van der Waals surface area contributed by atoms with Crippen molar-refractivity contribution in [3.05, 3.63) is 46.7 Å². The minimum Gasteiger partial charge on any atom is -0.213 e. The van der Waals surface area contributed by atoms with Crippen molar-refractivity contribution in [1.29, 1.82) is 0 Å². The molecule has 0 aliphatic heterocycles. The van der Waals surface area contributed by atoms with Crippen molar-refractivity contribution < 1.29 is 8.42 Å². The molecule has 5 heteroatoms. The summed E-state index contributed by atoms with van der Waals surface area (Å²) in [6.45, 7) is 1.87. The number of nitrogens with one attached hydrogen (secondary N) is 1. The Hall–Kier alpha value is -1.17. The first-order valence-electron chi connectivity index (χ1n) is 6.03. The predicted molar refractivity (Wildman–Crippen MR) is 80.9 cm³/mol. The third kappa shape index (κ3) is 4.45. The Balaban J connectivity index is 2.03. The summed E-state index contributed by atoms with van der Waals surface area (Å²) in [6, 6.07) is 10.2. The Morgan fingerprint density at radius 1 is 1.16 bits per heavy atom. The molecule has 1 atom stereocenters. The van der Waals surface area contributed by atoms with Gasteiger partial charge in [0.2, 0.25) is 10.0 Å². The highest BCUT2D eigenvalue weighted by Crippen LogP contribution is 2.22. The average molecular weight is 295 g/mol. The zero-order chi connectivity index (χ0) is 13.9. The molecule has 3 nitrogen and oxygen atoms in total. The molecule has 0 saturated heterocycles. The van der Waals surface area contributed by atoms with E-state index in [2.05, 4.69) is 33.7 Å². The van der Waals surface area contributed by atoms with Gasteiger partial charge in [-0.05, 0) is 46.9 Å². The number of thiophene rings is 1. The van der Waals surface area contributed by atoms with Gasteiger partial charge in [0.05, 0.1) is 6.26 Å². The highest BCUT2D eigenvalue weighted by atomic mass is 32.2. The van der Waals surface area contributed by atoms with Crippen molar-refractivity contribution in [1.82, 2.24) is 4.72 Å². The topological polar surface area (TPSA) is 46.2 Å². The summed E-state index contributed by atoms with van der Waals surface area (Å²) in [5.74, 6) is 0. The third-order valence-corrected chi connectivity index (χ3v) is 4.28. The molecular weight excluding hydrogens is 278 g/mol. The van der Waals surface area contributed by atoms with Crippen molar-refractivity contribution in [3.63, 3.8) is 0 Å². The second-order valence-corrected chi connectivity index (χ2v) is 7.26. The first-order chi connectivity index (χ1) is 8.94. The summed E-state index contributed by atoms with van der Waals surface area (Å²) in [5.41, 5.74) is 3.54. The molecule has 0 radical (unpaired) electrons. The summed E-state index contributed by atoms with van der Waals surface area (Å²) < 4.78 is 24.8. The van der Waals surface area contributed by atoms with Crippen LogP contribution in [0, 0.1) is 0 Å². The van der Waals surface area contributed by atoms with Gasteiger partial charge >= 0.3 is 0 Å². The fraction of sp³-hybridized carbons (Fsp3) is 0.286. The maximum atomic E-state index is 11.1. The van der Waals surface area contributed by atoms with E-state index in [4.69, 9.17) is 0 Å². The molecule has 0 spiro atoms. The van der Waals surface area contributed by atoms with E-state index in [1.165, 1.54) is 17.4 Å². The highest BCUT2D eigenvalue weighted by Gasteiger charge is 2.09. The van der Waals surface area contributed by atoms with E-state index < -0.39 is 10.0 Å². The van der Waals surface area contributed by atoms with Crippen LogP contribution < -0.4 is 4.72 Å². The van der Waals surface area contributed by atoms with Gasteiger partial charge in [-0.2, -0.15) is 11.3 Å². The van der Waals surface area contributed by atoms with Crippen LogP contribution in [0.1, 0.15) is 12.5 Å². The summed E-state index contributed by atoms with van der Waals surface area (Å²) in [5, 5.41) is 4.17. The molecule has 1 heterocycles. The highest BCUT2D eigenvalue weighted by molar-refractivity contribution is 7.88.